The Kier molecular flexibility index (Phi) is 5.97. The molecule has 1 fully saturated rings. The number of benzene rings is 2. The third-order valence-electron chi connectivity index (χ3n) is 5.17. The van der Waals surface area contributed by atoms with E-state index in [4.69, 9.17) is 0 Å². The maximum atomic E-state index is 12.5. The average Bonchev–Trinajstić information content (AvgIpc) is 2.68. The predicted molar refractivity (Wildman–Crippen MR) is 108 cm³/mol. The van der Waals surface area contributed by atoms with Gasteiger partial charge in [-0.1, -0.05) is 54.6 Å². The van der Waals surface area contributed by atoms with E-state index >= 15 is 0 Å². The first-order valence-corrected chi connectivity index (χ1v) is 11.1. The van der Waals surface area contributed by atoms with E-state index in [1.54, 1.807) is 0 Å². The minimum Gasteiger partial charge on any atom is -0.349 e. The largest absolute Gasteiger partial charge is 0.349 e. The molecule has 1 amide bonds. The fourth-order valence-electron chi connectivity index (χ4n) is 3.46. The summed E-state index contributed by atoms with van der Waals surface area (Å²) in [5.41, 5.74) is 3.36. The minimum absolute atomic E-state index is 0.00258. The van der Waals surface area contributed by atoms with Gasteiger partial charge in [-0.25, -0.2) is 12.7 Å². The van der Waals surface area contributed by atoms with Gasteiger partial charge in [-0.3, -0.25) is 4.79 Å². The highest BCUT2D eigenvalue weighted by Crippen LogP contribution is 2.23. The second-order valence-electron chi connectivity index (χ2n) is 7.15. The Labute approximate surface area is 161 Å². The quantitative estimate of drug-likeness (QED) is 0.858. The summed E-state index contributed by atoms with van der Waals surface area (Å²) in [6, 6.07) is 18.3. The van der Waals surface area contributed by atoms with Crippen LogP contribution in [0.5, 0.6) is 0 Å². The molecular formula is C21H26N2O3S. The molecule has 0 unspecified atom stereocenters. The van der Waals surface area contributed by atoms with E-state index in [1.165, 1.54) is 16.1 Å². The molecule has 0 aromatic heterocycles. The number of piperidine rings is 1. The van der Waals surface area contributed by atoms with Crippen LogP contribution in [-0.2, 0) is 14.8 Å². The van der Waals surface area contributed by atoms with Crippen LogP contribution in [0, 0.1) is 5.92 Å². The summed E-state index contributed by atoms with van der Waals surface area (Å²) in [6.45, 7) is 2.80. The number of rotatable bonds is 5. The van der Waals surface area contributed by atoms with Crippen molar-refractivity contribution in [2.75, 3.05) is 19.3 Å². The maximum absolute atomic E-state index is 12.5. The lowest BCUT2D eigenvalue weighted by molar-refractivity contribution is -0.126. The second kappa shape index (κ2) is 8.23. The number of nitrogens with zero attached hydrogens (tertiary/aromatic N) is 1. The van der Waals surface area contributed by atoms with E-state index < -0.39 is 10.0 Å². The van der Waals surface area contributed by atoms with Crippen molar-refractivity contribution in [2.45, 2.75) is 25.8 Å². The molecule has 1 atom stereocenters. The lowest BCUT2D eigenvalue weighted by Crippen LogP contribution is -2.43. The van der Waals surface area contributed by atoms with Crippen LogP contribution in [0.15, 0.2) is 54.6 Å². The van der Waals surface area contributed by atoms with Crippen molar-refractivity contribution in [2.24, 2.45) is 5.92 Å². The van der Waals surface area contributed by atoms with Crippen LogP contribution in [0.2, 0.25) is 0 Å². The van der Waals surface area contributed by atoms with E-state index in [0.717, 1.165) is 11.1 Å². The van der Waals surface area contributed by atoms with Crippen molar-refractivity contribution in [3.8, 4) is 11.1 Å². The number of amides is 1. The Morgan fingerprint density at radius 2 is 1.56 bits per heavy atom. The van der Waals surface area contributed by atoms with Crippen molar-refractivity contribution < 1.29 is 13.2 Å². The molecule has 0 bridgehead atoms. The zero-order valence-corrected chi connectivity index (χ0v) is 16.6. The molecule has 3 rings (SSSR count). The van der Waals surface area contributed by atoms with Gasteiger partial charge in [-0.05, 0) is 36.5 Å². The molecule has 0 radical (unpaired) electrons. The number of carbonyl (C=O) groups is 1. The molecule has 1 N–H and O–H groups in total. The van der Waals surface area contributed by atoms with Gasteiger partial charge in [-0.2, -0.15) is 0 Å². The third-order valence-corrected chi connectivity index (χ3v) is 6.47. The molecule has 144 valence electrons. The first kappa shape index (κ1) is 19.6. The van der Waals surface area contributed by atoms with Gasteiger partial charge in [0, 0.05) is 19.0 Å². The number of carbonyl (C=O) groups excluding carboxylic acids is 1. The van der Waals surface area contributed by atoms with E-state index in [1.807, 2.05) is 37.3 Å². The molecule has 0 aliphatic carbocycles. The summed E-state index contributed by atoms with van der Waals surface area (Å²) in [5.74, 6) is -0.128. The molecule has 1 heterocycles. The molecule has 1 saturated heterocycles. The SMILES string of the molecule is C[C@H](NC(=O)C1CCN(S(C)(=O)=O)CC1)c1ccc(-c2ccccc2)cc1. The summed E-state index contributed by atoms with van der Waals surface area (Å²) in [4.78, 5) is 12.5. The van der Waals surface area contributed by atoms with E-state index in [9.17, 15) is 13.2 Å². The van der Waals surface area contributed by atoms with Gasteiger partial charge in [0.1, 0.15) is 0 Å². The summed E-state index contributed by atoms with van der Waals surface area (Å²) >= 11 is 0. The smallest absolute Gasteiger partial charge is 0.223 e. The molecule has 0 spiro atoms. The van der Waals surface area contributed by atoms with Crippen LogP contribution in [0.25, 0.3) is 11.1 Å². The Bertz CT molecular complexity index is 871. The fraction of sp³-hybridized carbons (Fsp3) is 0.381. The number of hydrogen-bond acceptors (Lipinski definition) is 3. The second-order valence-corrected chi connectivity index (χ2v) is 9.14. The Morgan fingerprint density at radius 1 is 1.00 bits per heavy atom. The highest BCUT2D eigenvalue weighted by atomic mass is 32.2. The summed E-state index contributed by atoms with van der Waals surface area (Å²) < 4.78 is 24.6. The van der Waals surface area contributed by atoms with Crippen LogP contribution < -0.4 is 5.32 Å². The van der Waals surface area contributed by atoms with Crippen molar-refractivity contribution in [3.63, 3.8) is 0 Å². The standard InChI is InChI=1S/C21H26N2O3S/c1-16(17-8-10-19(11-9-17)18-6-4-3-5-7-18)22-21(24)20-12-14-23(15-13-20)27(2,25)26/h3-11,16,20H,12-15H2,1-2H3,(H,22,24)/t16-/m0/s1. The maximum Gasteiger partial charge on any atom is 0.223 e. The molecule has 27 heavy (non-hydrogen) atoms. The summed E-state index contributed by atoms with van der Waals surface area (Å²) in [7, 11) is -3.17. The molecule has 5 nitrogen and oxygen atoms in total. The van der Waals surface area contributed by atoms with Gasteiger partial charge in [-0.15, -0.1) is 0 Å². The molecular weight excluding hydrogens is 360 g/mol. The topological polar surface area (TPSA) is 66.5 Å². The van der Waals surface area contributed by atoms with Crippen LogP contribution in [0.3, 0.4) is 0 Å². The monoisotopic (exact) mass is 386 g/mol. The Hall–Kier alpha value is -2.18. The van der Waals surface area contributed by atoms with E-state index in [0.29, 0.717) is 25.9 Å². The van der Waals surface area contributed by atoms with E-state index in [-0.39, 0.29) is 17.9 Å². The molecule has 2 aromatic carbocycles. The van der Waals surface area contributed by atoms with Crippen LogP contribution in [0.4, 0.5) is 0 Å². The van der Waals surface area contributed by atoms with Crippen LogP contribution >= 0.6 is 0 Å². The van der Waals surface area contributed by atoms with Crippen molar-refractivity contribution in [3.05, 3.63) is 60.2 Å². The highest BCUT2D eigenvalue weighted by molar-refractivity contribution is 7.88. The summed E-state index contributed by atoms with van der Waals surface area (Å²) in [6.07, 6.45) is 2.35. The lowest BCUT2D eigenvalue weighted by Gasteiger charge is -2.30. The van der Waals surface area contributed by atoms with Gasteiger partial charge < -0.3 is 5.32 Å². The molecule has 6 heteroatoms. The number of hydrogen-bond donors (Lipinski definition) is 1. The van der Waals surface area contributed by atoms with Crippen molar-refractivity contribution in [1.29, 1.82) is 0 Å². The minimum atomic E-state index is -3.17. The first-order chi connectivity index (χ1) is 12.8. The average molecular weight is 387 g/mol. The number of sulfonamides is 1. The lowest BCUT2D eigenvalue weighted by atomic mass is 9.96. The molecule has 0 saturated carbocycles. The van der Waals surface area contributed by atoms with Gasteiger partial charge in [0.05, 0.1) is 12.3 Å². The van der Waals surface area contributed by atoms with Crippen LogP contribution in [0.1, 0.15) is 31.4 Å². The summed E-state index contributed by atoms with van der Waals surface area (Å²) in [5, 5.41) is 3.07. The number of nitrogens with one attached hydrogen (secondary N) is 1. The zero-order valence-electron chi connectivity index (χ0n) is 15.8. The van der Waals surface area contributed by atoms with E-state index in [2.05, 4.69) is 29.6 Å². The molecule has 1 aliphatic heterocycles. The third kappa shape index (κ3) is 4.96. The van der Waals surface area contributed by atoms with Crippen molar-refractivity contribution in [1.82, 2.24) is 9.62 Å². The fourth-order valence-corrected chi connectivity index (χ4v) is 4.33. The van der Waals surface area contributed by atoms with Gasteiger partial charge in [0.2, 0.25) is 15.9 Å². The normalized spacial score (nSPS) is 17.4. The highest BCUT2D eigenvalue weighted by Gasteiger charge is 2.29. The van der Waals surface area contributed by atoms with Gasteiger partial charge in [0.25, 0.3) is 0 Å². The molecule has 2 aromatic rings. The first-order valence-electron chi connectivity index (χ1n) is 9.25. The molecule has 1 aliphatic rings. The predicted octanol–water partition coefficient (Wildman–Crippen LogP) is 3.20. The van der Waals surface area contributed by atoms with Gasteiger partial charge >= 0.3 is 0 Å². The van der Waals surface area contributed by atoms with Crippen LogP contribution in [-0.4, -0.2) is 38.0 Å². The van der Waals surface area contributed by atoms with Gasteiger partial charge in [0.15, 0.2) is 0 Å². The van der Waals surface area contributed by atoms with Crippen molar-refractivity contribution >= 4 is 15.9 Å². The zero-order chi connectivity index (χ0) is 19.4. The Morgan fingerprint density at radius 3 is 2.11 bits per heavy atom. The Balaban J connectivity index is 1.57.